The standard InChI is InChI=1S/C12H14BrN5O/c1-14-12(19)8-18-7-11(6-17-18)16-5-10-3-2-9(13)4-15-10/h2-4,6-7,16H,5,8H2,1H3,(H,14,19). The minimum absolute atomic E-state index is 0.0794. The second-order valence-corrected chi connectivity index (χ2v) is 4.84. The number of anilines is 1. The van der Waals surface area contributed by atoms with Crippen molar-refractivity contribution in [1.82, 2.24) is 20.1 Å². The monoisotopic (exact) mass is 323 g/mol. The van der Waals surface area contributed by atoms with Crippen LogP contribution in [0, 0.1) is 0 Å². The van der Waals surface area contributed by atoms with Gasteiger partial charge < -0.3 is 10.6 Å². The zero-order valence-corrected chi connectivity index (χ0v) is 12.0. The number of carbonyl (C=O) groups excluding carboxylic acids is 1. The van der Waals surface area contributed by atoms with Crippen molar-refractivity contribution in [3.63, 3.8) is 0 Å². The third-order valence-corrected chi connectivity index (χ3v) is 2.95. The highest BCUT2D eigenvalue weighted by molar-refractivity contribution is 9.10. The Morgan fingerprint density at radius 1 is 1.42 bits per heavy atom. The van der Waals surface area contributed by atoms with Crippen molar-refractivity contribution >= 4 is 27.5 Å². The summed E-state index contributed by atoms with van der Waals surface area (Å²) >= 11 is 3.34. The number of nitrogens with one attached hydrogen (secondary N) is 2. The Hall–Kier alpha value is -1.89. The van der Waals surface area contributed by atoms with E-state index in [0.717, 1.165) is 15.9 Å². The van der Waals surface area contributed by atoms with Gasteiger partial charge in [0, 0.05) is 23.9 Å². The van der Waals surface area contributed by atoms with Crippen LogP contribution < -0.4 is 10.6 Å². The second-order valence-electron chi connectivity index (χ2n) is 3.92. The number of likely N-dealkylation sites (N-methyl/N-ethyl adjacent to an activating group) is 1. The van der Waals surface area contributed by atoms with Gasteiger partial charge in [-0.3, -0.25) is 14.5 Å². The number of pyridine rings is 1. The first-order valence-electron chi connectivity index (χ1n) is 5.74. The maximum Gasteiger partial charge on any atom is 0.241 e. The molecule has 7 heteroatoms. The molecule has 0 bridgehead atoms. The number of halogens is 1. The van der Waals surface area contributed by atoms with Gasteiger partial charge in [0.15, 0.2) is 0 Å². The average molecular weight is 324 g/mol. The highest BCUT2D eigenvalue weighted by Gasteiger charge is 2.03. The van der Waals surface area contributed by atoms with Crippen LogP contribution in [0.5, 0.6) is 0 Å². The van der Waals surface area contributed by atoms with Gasteiger partial charge in [-0.25, -0.2) is 0 Å². The molecule has 2 aromatic heterocycles. The Kier molecular flexibility index (Phi) is 4.51. The first-order chi connectivity index (χ1) is 9.17. The molecule has 0 aliphatic carbocycles. The summed E-state index contributed by atoms with van der Waals surface area (Å²) in [5.41, 5.74) is 1.79. The number of carbonyl (C=O) groups is 1. The third kappa shape index (κ3) is 4.06. The van der Waals surface area contributed by atoms with E-state index in [1.165, 1.54) is 0 Å². The number of aromatic nitrogens is 3. The molecular weight excluding hydrogens is 310 g/mol. The van der Waals surface area contributed by atoms with E-state index in [0.29, 0.717) is 6.54 Å². The molecule has 2 rings (SSSR count). The van der Waals surface area contributed by atoms with Gasteiger partial charge in [-0.1, -0.05) is 0 Å². The Bertz CT molecular complexity index is 552. The van der Waals surface area contributed by atoms with Crippen LogP contribution in [0.4, 0.5) is 5.69 Å². The van der Waals surface area contributed by atoms with Gasteiger partial charge in [0.25, 0.3) is 0 Å². The largest absolute Gasteiger partial charge is 0.377 e. The fraction of sp³-hybridized carbons (Fsp3) is 0.250. The Balaban J connectivity index is 1.89. The molecule has 0 radical (unpaired) electrons. The van der Waals surface area contributed by atoms with Gasteiger partial charge >= 0.3 is 0 Å². The Morgan fingerprint density at radius 3 is 2.95 bits per heavy atom. The predicted molar refractivity (Wildman–Crippen MR) is 75.6 cm³/mol. The van der Waals surface area contributed by atoms with E-state index in [9.17, 15) is 4.79 Å². The summed E-state index contributed by atoms with van der Waals surface area (Å²) in [5, 5.41) is 9.85. The summed E-state index contributed by atoms with van der Waals surface area (Å²) in [4.78, 5) is 15.5. The highest BCUT2D eigenvalue weighted by Crippen LogP contribution is 2.10. The van der Waals surface area contributed by atoms with Crippen LogP contribution in [0.1, 0.15) is 5.69 Å². The van der Waals surface area contributed by atoms with Gasteiger partial charge in [-0.15, -0.1) is 0 Å². The molecule has 0 saturated carbocycles. The van der Waals surface area contributed by atoms with Gasteiger partial charge in [0.05, 0.1) is 24.1 Å². The van der Waals surface area contributed by atoms with Crippen molar-refractivity contribution in [2.75, 3.05) is 12.4 Å². The first kappa shape index (κ1) is 13.5. The topological polar surface area (TPSA) is 71.8 Å². The molecule has 1 amide bonds. The molecule has 0 spiro atoms. The number of rotatable bonds is 5. The fourth-order valence-corrected chi connectivity index (χ4v) is 1.71. The maximum atomic E-state index is 11.2. The summed E-state index contributed by atoms with van der Waals surface area (Å²) in [6.45, 7) is 0.827. The van der Waals surface area contributed by atoms with Crippen LogP contribution in [0.2, 0.25) is 0 Å². The van der Waals surface area contributed by atoms with Crippen LogP contribution in [0.15, 0.2) is 35.2 Å². The number of hydrogen-bond acceptors (Lipinski definition) is 4. The zero-order valence-electron chi connectivity index (χ0n) is 10.4. The van der Waals surface area contributed by atoms with Gasteiger partial charge in [-0.05, 0) is 28.1 Å². The van der Waals surface area contributed by atoms with E-state index < -0.39 is 0 Å². The van der Waals surface area contributed by atoms with Crippen LogP contribution in [0.25, 0.3) is 0 Å². The molecule has 0 aliphatic heterocycles. The van der Waals surface area contributed by atoms with Crippen LogP contribution in [-0.4, -0.2) is 27.7 Å². The molecule has 19 heavy (non-hydrogen) atoms. The molecule has 2 N–H and O–H groups in total. The lowest BCUT2D eigenvalue weighted by Gasteiger charge is -2.03. The quantitative estimate of drug-likeness (QED) is 0.872. The number of nitrogens with zero attached hydrogens (tertiary/aromatic N) is 3. The van der Waals surface area contributed by atoms with Gasteiger partial charge in [-0.2, -0.15) is 5.10 Å². The highest BCUT2D eigenvalue weighted by atomic mass is 79.9. The molecule has 2 heterocycles. The molecule has 0 saturated heterocycles. The molecule has 0 atom stereocenters. The second kappa shape index (κ2) is 6.33. The molecule has 2 aromatic rings. The Labute approximate surface area is 119 Å². The normalized spacial score (nSPS) is 10.2. The lowest BCUT2D eigenvalue weighted by molar-refractivity contribution is -0.121. The van der Waals surface area contributed by atoms with E-state index in [1.807, 2.05) is 12.1 Å². The summed E-state index contributed by atoms with van der Waals surface area (Å²) < 4.78 is 2.53. The minimum Gasteiger partial charge on any atom is -0.377 e. The van der Waals surface area contributed by atoms with Crippen molar-refractivity contribution < 1.29 is 4.79 Å². The zero-order chi connectivity index (χ0) is 13.7. The summed E-state index contributed by atoms with van der Waals surface area (Å²) in [7, 11) is 1.60. The molecular formula is C12H14BrN5O. The predicted octanol–water partition coefficient (Wildman–Crippen LogP) is 1.40. The molecule has 0 aromatic carbocycles. The van der Waals surface area contributed by atoms with E-state index in [-0.39, 0.29) is 12.5 Å². The molecule has 0 aliphatic rings. The lowest BCUT2D eigenvalue weighted by Crippen LogP contribution is -2.23. The third-order valence-electron chi connectivity index (χ3n) is 2.48. The van der Waals surface area contributed by atoms with Crippen LogP contribution in [-0.2, 0) is 17.9 Å². The summed E-state index contributed by atoms with van der Waals surface area (Å²) in [6.07, 6.45) is 5.22. The van der Waals surface area contributed by atoms with Crippen molar-refractivity contribution in [3.8, 4) is 0 Å². The fourth-order valence-electron chi connectivity index (χ4n) is 1.47. The summed E-state index contributed by atoms with van der Waals surface area (Å²) in [6, 6.07) is 3.88. The number of amides is 1. The molecule has 100 valence electrons. The van der Waals surface area contributed by atoms with Crippen LogP contribution >= 0.6 is 15.9 Å². The van der Waals surface area contributed by atoms with Crippen molar-refractivity contribution in [2.45, 2.75) is 13.1 Å². The molecule has 0 unspecified atom stereocenters. The Morgan fingerprint density at radius 2 is 2.26 bits per heavy atom. The van der Waals surface area contributed by atoms with Crippen molar-refractivity contribution in [2.24, 2.45) is 0 Å². The van der Waals surface area contributed by atoms with E-state index >= 15 is 0 Å². The van der Waals surface area contributed by atoms with E-state index in [4.69, 9.17) is 0 Å². The van der Waals surface area contributed by atoms with E-state index in [2.05, 4.69) is 36.6 Å². The smallest absolute Gasteiger partial charge is 0.241 e. The lowest BCUT2D eigenvalue weighted by atomic mass is 10.3. The van der Waals surface area contributed by atoms with Gasteiger partial charge in [0.2, 0.25) is 5.91 Å². The number of hydrogen-bond donors (Lipinski definition) is 2. The maximum absolute atomic E-state index is 11.2. The summed E-state index contributed by atoms with van der Waals surface area (Å²) in [5.74, 6) is -0.0794. The van der Waals surface area contributed by atoms with Gasteiger partial charge in [0.1, 0.15) is 6.54 Å². The SMILES string of the molecule is CNC(=O)Cn1cc(NCc2ccc(Br)cn2)cn1. The van der Waals surface area contributed by atoms with E-state index in [1.54, 1.807) is 30.3 Å². The van der Waals surface area contributed by atoms with Crippen LogP contribution in [0.3, 0.4) is 0 Å². The molecule has 0 fully saturated rings. The van der Waals surface area contributed by atoms with Crippen molar-refractivity contribution in [1.29, 1.82) is 0 Å². The minimum atomic E-state index is -0.0794. The first-order valence-corrected chi connectivity index (χ1v) is 6.54. The average Bonchev–Trinajstić information content (AvgIpc) is 2.85. The molecule has 6 nitrogen and oxygen atoms in total. The van der Waals surface area contributed by atoms with Crippen molar-refractivity contribution in [3.05, 3.63) is 40.9 Å².